The van der Waals surface area contributed by atoms with Crippen molar-refractivity contribution in [1.29, 1.82) is 0 Å². The van der Waals surface area contributed by atoms with Gasteiger partial charge in [0.1, 0.15) is 5.76 Å². The molecular formula is C10H12INO2. The van der Waals surface area contributed by atoms with Crippen LogP contribution < -0.4 is 5.32 Å². The highest BCUT2D eigenvalue weighted by Gasteiger charge is 1.96. The average Bonchev–Trinajstić information content (AvgIpc) is 2.58. The molecule has 1 N–H and O–H groups in total. The number of carbonyl (C=O) groups excluding carboxylic acids is 1. The molecule has 0 bridgehead atoms. The summed E-state index contributed by atoms with van der Waals surface area (Å²) in [5.74, 6) is 0.610. The van der Waals surface area contributed by atoms with Crippen LogP contribution in [-0.4, -0.2) is 12.5 Å². The van der Waals surface area contributed by atoms with Gasteiger partial charge in [0.2, 0.25) is 5.91 Å². The molecule has 0 aliphatic heterocycles. The summed E-state index contributed by atoms with van der Waals surface area (Å²) in [6, 6.07) is 3.68. The molecule has 0 aromatic carbocycles. The molecule has 0 saturated carbocycles. The van der Waals surface area contributed by atoms with E-state index in [2.05, 4.69) is 27.9 Å². The van der Waals surface area contributed by atoms with E-state index in [1.165, 1.54) is 6.08 Å². The summed E-state index contributed by atoms with van der Waals surface area (Å²) in [6.07, 6.45) is 4.08. The van der Waals surface area contributed by atoms with Crippen LogP contribution in [0.2, 0.25) is 0 Å². The number of carbonyl (C=O) groups is 1. The van der Waals surface area contributed by atoms with Crippen LogP contribution in [0.3, 0.4) is 0 Å². The van der Waals surface area contributed by atoms with Crippen LogP contribution >= 0.6 is 22.6 Å². The fourth-order valence-corrected chi connectivity index (χ4v) is 1.32. The molecule has 1 rings (SSSR count). The van der Waals surface area contributed by atoms with Crippen LogP contribution in [-0.2, 0) is 4.79 Å². The fourth-order valence-electron chi connectivity index (χ4n) is 0.883. The quantitative estimate of drug-likeness (QED) is 0.686. The summed E-state index contributed by atoms with van der Waals surface area (Å²) < 4.78 is 6.07. The molecule has 0 fully saturated rings. The van der Waals surface area contributed by atoms with Gasteiger partial charge in [-0.2, -0.15) is 0 Å². The maximum atomic E-state index is 11.1. The lowest BCUT2D eigenvalue weighted by atomic mass is 10.4. The van der Waals surface area contributed by atoms with E-state index in [1.54, 1.807) is 6.08 Å². The summed E-state index contributed by atoms with van der Waals surface area (Å²) in [6.45, 7) is 2.72. The number of hydrogen-bond donors (Lipinski definition) is 1. The van der Waals surface area contributed by atoms with Gasteiger partial charge in [0.05, 0.1) is 0 Å². The van der Waals surface area contributed by atoms with E-state index in [9.17, 15) is 4.79 Å². The van der Waals surface area contributed by atoms with Gasteiger partial charge in [-0.1, -0.05) is 6.92 Å². The summed E-state index contributed by atoms with van der Waals surface area (Å²) in [4.78, 5) is 11.1. The lowest BCUT2D eigenvalue weighted by Gasteiger charge is -1.96. The molecule has 0 radical (unpaired) electrons. The van der Waals surface area contributed by atoms with E-state index < -0.39 is 0 Å². The van der Waals surface area contributed by atoms with Gasteiger partial charge in [-0.25, -0.2) is 0 Å². The normalized spacial score (nSPS) is 10.7. The van der Waals surface area contributed by atoms with Crippen molar-refractivity contribution in [3.63, 3.8) is 0 Å². The molecule has 0 aliphatic carbocycles. The largest absolute Gasteiger partial charge is 0.451 e. The predicted molar refractivity (Wildman–Crippen MR) is 63.8 cm³/mol. The third kappa shape index (κ3) is 3.95. The van der Waals surface area contributed by atoms with Crippen molar-refractivity contribution in [2.24, 2.45) is 0 Å². The van der Waals surface area contributed by atoms with Gasteiger partial charge < -0.3 is 9.73 Å². The second-order valence-electron chi connectivity index (χ2n) is 2.77. The molecule has 0 saturated heterocycles. The van der Waals surface area contributed by atoms with Gasteiger partial charge in [0, 0.05) is 12.6 Å². The number of halogens is 1. The highest BCUT2D eigenvalue weighted by Crippen LogP contribution is 2.10. The number of furan rings is 1. The van der Waals surface area contributed by atoms with E-state index in [0.717, 1.165) is 10.2 Å². The minimum Gasteiger partial charge on any atom is -0.451 e. The topological polar surface area (TPSA) is 42.2 Å². The van der Waals surface area contributed by atoms with Crippen molar-refractivity contribution >= 4 is 34.6 Å². The predicted octanol–water partition coefficient (Wildman–Crippen LogP) is 2.42. The maximum absolute atomic E-state index is 11.1. The van der Waals surface area contributed by atoms with Gasteiger partial charge in [-0.05, 0) is 47.2 Å². The van der Waals surface area contributed by atoms with E-state index in [1.807, 2.05) is 19.1 Å². The molecule has 1 amide bonds. The van der Waals surface area contributed by atoms with Crippen molar-refractivity contribution < 1.29 is 9.21 Å². The Morgan fingerprint density at radius 3 is 3.00 bits per heavy atom. The molecule has 1 aromatic rings. The Kier molecular flexibility index (Phi) is 4.72. The number of rotatable bonds is 4. The summed E-state index contributed by atoms with van der Waals surface area (Å²) in [5.41, 5.74) is 0. The zero-order valence-electron chi connectivity index (χ0n) is 7.92. The Morgan fingerprint density at radius 2 is 2.43 bits per heavy atom. The maximum Gasteiger partial charge on any atom is 0.244 e. The first-order valence-electron chi connectivity index (χ1n) is 4.43. The van der Waals surface area contributed by atoms with Gasteiger partial charge in [0.25, 0.3) is 0 Å². The number of hydrogen-bond acceptors (Lipinski definition) is 2. The summed E-state index contributed by atoms with van der Waals surface area (Å²) >= 11 is 2.08. The highest BCUT2D eigenvalue weighted by molar-refractivity contribution is 14.1. The number of nitrogens with one attached hydrogen (secondary N) is 1. The zero-order chi connectivity index (χ0) is 10.4. The lowest BCUT2D eigenvalue weighted by Crippen LogP contribution is -2.21. The van der Waals surface area contributed by atoms with Crippen molar-refractivity contribution in [2.75, 3.05) is 6.54 Å². The lowest BCUT2D eigenvalue weighted by molar-refractivity contribution is -0.116. The first-order valence-corrected chi connectivity index (χ1v) is 5.51. The van der Waals surface area contributed by atoms with E-state index in [-0.39, 0.29) is 5.91 Å². The molecule has 0 spiro atoms. The second-order valence-corrected chi connectivity index (χ2v) is 3.83. The minimum atomic E-state index is -0.0849. The first-order chi connectivity index (χ1) is 6.72. The van der Waals surface area contributed by atoms with Crippen LogP contribution in [0.1, 0.15) is 19.1 Å². The fraction of sp³-hybridized carbons (Fsp3) is 0.300. The van der Waals surface area contributed by atoms with E-state index in [4.69, 9.17) is 4.42 Å². The highest BCUT2D eigenvalue weighted by atomic mass is 127. The minimum absolute atomic E-state index is 0.0849. The van der Waals surface area contributed by atoms with Crippen LogP contribution in [0.5, 0.6) is 0 Å². The van der Waals surface area contributed by atoms with Gasteiger partial charge in [-0.3, -0.25) is 4.79 Å². The van der Waals surface area contributed by atoms with Crippen molar-refractivity contribution in [3.8, 4) is 0 Å². The Bertz CT molecular complexity index is 331. The molecule has 14 heavy (non-hydrogen) atoms. The molecular weight excluding hydrogens is 293 g/mol. The van der Waals surface area contributed by atoms with Gasteiger partial charge in [0.15, 0.2) is 3.77 Å². The van der Waals surface area contributed by atoms with Gasteiger partial charge in [-0.15, -0.1) is 0 Å². The van der Waals surface area contributed by atoms with Crippen LogP contribution in [0.15, 0.2) is 22.6 Å². The third-order valence-corrected chi connectivity index (χ3v) is 2.12. The molecule has 3 nitrogen and oxygen atoms in total. The van der Waals surface area contributed by atoms with Crippen molar-refractivity contribution in [3.05, 3.63) is 27.7 Å². The average molecular weight is 305 g/mol. The van der Waals surface area contributed by atoms with Crippen LogP contribution in [0.4, 0.5) is 0 Å². The van der Waals surface area contributed by atoms with E-state index in [0.29, 0.717) is 12.3 Å². The SMILES string of the molecule is CCCNC(=O)C=Cc1ccc(I)o1. The second kappa shape index (κ2) is 5.85. The standard InChI is InChI=1S/C10H12INO2/c1-2-7-12-10(13)6-4-8-3-5-9(11)14-8/h3-6H,2,7H2,1H3,(H,12,13). The molecule has 0 aliphatic rings. The Morgan fingerprint density at radius 1 is 1.64 bits per heavy atom. The zero-order valence-corrected chi connectivity index (χ0v) is 10.1. The molecule has 0 atom stereocenters. The van der Waals surface area contributed by atoms with Gasteiger partial charge >= 0.3 is 0 Å². The Labute approximate surface area is 96.7 Å². The molecule has 76 valence electrons. The smallest absolute Gasteiger partial charge is 0.244 e. The van der Waals surface area contributed by atoms with E-state index >= 15 is 0 Å². The Hall–Kier alpha value is -0.780. The van der Waals surface area contributed by atoms with Crippen molar-refractivity contribution in [1.82, 2.24) is 5.32 Å². The summed E-state index contributed by atoms with van der Waals surface area (Å²) in [7, 11) is 0. The molecule has 1 heterocycles. The third-order valence-electron chi connectivity index (χ3n) is 1.54. The Balaban J connectivity index is 2.43. The number of amides is 1. The molecule has 4 heteroatoms. The first kappa shape index (κ1) is 11.3. The van der Waals surface area contributed by atoms with Crippen LogP contribution in [0, 0.1) is 3.77 Å². The van der Waals surface area contributed by atoms with Crippen LogP contribution in [0.25, 0.3) is 6.08 Å². The monoisotopic (exact) mass is 305 g/mol. The summed E-state index contributed by atoms with van der Waals surface area (Å²) in [5, 5.41) is 2.74. The van der Waals surface area contributed by atoms with Crippen molar-refractivity contribution in [2.45, 2.75) is 13.3 Å². The molecule has 1 aromatic heterocycles. The molecule has 0 unspecified atom stereocenters.